The van der Waals surface area contributed by atoms with Crippen molar-refractivity contribution in [3.8, 4) is 0 Å². The van der Waals surface area contributed by atoms with E-state index in [-0.39, 0.29) is 17.7 Å². The summed E-state index contributed by atoms with van der Waals surface area (Å²) in [5.41, 5.74) is 1.18. The number of amides is 2. The van der Waals surface area contributed by atoms with E-state index in [1.165, 1.54) is 0 Å². The molecule has 0 unspecified atom stereocenters. The van der Waals surface area contributed by atoms with Crippen molar-refractivity contribution in [2.75, 3.05) is 19.6 Å². The van der Waals surface area contributed by atoms with E-state index in [9.17, 15) is 9.59 Å². The molecule has 0 aromatic carbocycles. The summed E-state index contributed by atoms with van der Waals surface area (Å²) < 4.78 is 0. The monoisotopic (exact) mass is 338 g/mol. The fourth-order valence-electron chi connectivity index (χ4n) is 4.18. The van der Waals surface area contributed by atoms with Gasteiger partial charge in [0.1, 0.15) is 5.69 Å². The Morgan fingerprint density at radius 3 is 3.00 bits per heavy atom. The molecule has 4 heterocycles. The zero-order valence-electron chi connectivity index (χ0n) is 14.3. The molecule has 2 fully saturated rings. The van der Waals surface area contributed by atoms with Crippen molar-refractivity contribution >= 4 is 11.8 Å². The largest absolute Gasteiger partial charge is 0.357 e. The maximum Gasteiger partial charge on any atom is 0.270 e. The van der Waals surface area contributed by atoms with Gasteiger partial charge in [-0.15, -0.1) is 0 Å². The summed E-state index contributed by atoms with van der Waals surface area (Å²) in [5, 5.41) is 0. The van der Waals surface area contributed by atoms with Gasteiger partial charge in [0.05, 0.1) is 5.41 Å². The molecule has 2 aromatic heterocycles. The molecule has 25 heavy (non-hydrogen) atoms. The molecule has 0 bridgehead atoms. The van der Waals surface area contributed by atoms with Crippen LogP contribution in [-0.4, -0.2) is 51.2 Å². The van der Waals surface area contributed by atoms with Crippen LogP contribution >= 0.6 is 0 Å². The van der Waals surface area contributed by atoms with Crippen LogP contribution in [0.3, 0.4) is 0 Å². The van der Waals surface area contributed by atoms with Crippen LogP contribution < -0.4 is 0 Å². The van der Waals surface area contributed by atoms with Gasteiger partial charge in [-0.2, -0.15) is 0 Å². The van der Waals surface area contributed by atoms with Crippen LogP contribution in [0.1, 0.15) is 29.4 Å². The molecule has 0 aliphatic carbocycles. The minimum Gasteiger partial charge on any atom is -0.357 e. The van der Waals surface area contributed by atoms with Crippen LogP contribution in [0.25, 0.3) is 0 Å². The fraction of sp³-hybridized carbons (Fsp3) is 0.421. The lowest BCUT2D eigenvalue weighted by Gasteiger charge is -2.26. The minimum absolute atomic E-state index is 0.0211. The predicted octanol–water partition coefficient (Wildman–Crippen LogP) is 1.92. The maximum atomic E-state index is 13.2. The van der Waals surface area contributed by atoms with Crippen LogP contribution in [-0.2, 0) is 11.3 Å². The molecule has 6 nitrogen and oxygen atoms in total. The number of nitrogens with zero attached hydrogens (tertiary/aromatic N) is 3. The molecule has 2 saturated heterocycles. The van der Waals surface area contributed by atoms with E-state index in [1.807, 2.05) is 28.0 Å². The first-order chi connectivity index (χ1) is 12.1. The number of pyridine rings is 1. The minimum atomic E-state index is -0.440. The zero-order valence-corrected chi connectivity index (χ0v) is 14.3. The van der Waals surface area contributed by atoms with Gasteiger partial charge >= 0.3 is 0 Å². The van der Waals surface area contributed by atoms with Gasteiger partial charge in [0.15, 0.2) is 0 Å². The van der Waals surface area contributed by atoms with Gasteiger partial charge < -0.3 is 14.8 Å². The number of aromatic amines is 1. The van der Waals surface area contributed by atoms with Gasteiger partial charge in [-0.3, -0.25) is 14.6 Å². The second kappa shape index (κ2) is 6.02. The number of aromatic nitrogens is 2. The molecule has 2 atom stereocenters. The molecular weight excluding hydrogens is 316 g/mol. The number of carbonyl (C=O) groups is 2. The van der Waals surface area contributed by atoms with Gasteiger partial charge in [0, 0.05) is 44.8 Å². The standard InChI is InChI=1S/C19H22N4O2/c1-14-11-23(17(24)16-5-3-8-21-16)13-19(14)6-9-22(18(19)25)12-15-4-2-7-20-10-15/h2-5,7-8,10,14,21H,6,9,11-13H2,1H3/t14-,19-/m0/s1. The summed E-state index contributed by atoms with van der Waals surface area (Å²) in [7, 11) is 0. The molecule has 0 radical (unpaired) electrons. The van der Waals surface area contributed by atoms with Crippen molar-refractivity contribution in [3.05, 3.63) is 54.1 Å². The third-order valence-corrected chi connectivity index (χ3v) is 5.66. The second-order valence-corrected chi connectivity index (χ2v) is 7.16. The van der Waals surface area contributed by atoms with Gasteiger partial charge in [0.2, 0.25) is 5.91 Å². The lowest BCUT2D eigenvalue weighted by atomic mass is 9.78. The van der Waals surface area contributed by atoms with Crippen molar-refractivity contribution in [2.24, 2.45) is 11.3 Å². The van der Waals surface area contributed by atoms with E-state index < -0.39 is 5.41 Å². The third kappa shape index (κ3) is 2.62. The van der Waals surface area contributed by atoms with Crippen LogP contribution in [0.15, 0.2) is 42.9 Å². The van der Waals surface area contributed by atoms with E-state index in [2.05, 4.69) is 16.9 Å². The highest BCUT2D eigenvalue weighted by Crippen LogP contribution is 2.45. The number of H-pyrrole nitrogens is 1. The summed E-state index contributed by atoms with van der Waals surface area (Å²) in [6, 6.07) is 7.48. The summed E-state index contributed by atoms with van der Waals surface area (Å²) in [6.45, 7) is 4.56. The zero-order chi connectivity index (χ0) is 17.4. The van der Waals surface area contributed by atoms with E-state index in [4.69, 9.17) is 0 Å². The number of carbonyl (C=O) groups excluding carboxylic acids is 2. The van der Waals surface area contributed by atoms with Gasteiger partial charge in [-0.25, -0.2) is 0 Å². The Bertz CT molecular complexity index is 774. The molecule has 0 saturated carbocycles. The molecule has 1 N–H and O–H groups in total. The number of hydrogen-bond acceptors (Lipinski definition) is 3. The van der Waals surface area contributed by atoms with Crippen LogP contribution in [0.4, 0.5) is 0 Å². The van der Waals surface area contributed by atoms with Crippen molar-refractivity contribution in [3.63, 3.8) is 0 Å². The summed E-state index contributed by atoms with van der Waals surface area (Å²) >= 11 is 0. The molecule has 4 rings (SSSR count). The first-order valence-electron chi connectivity index (χ1n) is 8.71. The number of nitrogens with one attached hydrogen (secondary N) is 1. The topological polar surface area (TPSA) is 69.3 Å². The lowest BCUT2D eigenvalue weighted by molar-refractivity contribution is -0.137. The van der Waals surface area contributed by atoms with E-state index >= 15 is 0 Å². The Labute approximate surface area is 146 Å². The molecule has 130 valence electrons. The Hall–Kier alpha value is -2.63. The Morgan fingerprint density at radius 1 is 1.40 bits per heavy atom. The summed E-state index contributed by atoms with van der Waals surface area (Å²) in [6.07, 6.45) is 6.10. The van der Waals surface area contributed by atoms with Crippen molar-refractivity contribution in [1.29, 1.82) is 0 Å². The van der Waals surface area contributed by atoms with Crippen molar-refractivity contribution < 1.29 is 9.59 Å². The summed E-state index contributed by atoms with van der Waals surface area (Å²) in [5.74, 6) is 0.315. The fourth-order valence-corrected chi connectivity index (χ4v) is 4.18. The highest BCUT2D eigenvalue weighted by atomic mass is 16.2. The Kier molecular flexibility index (Phi) is 3.82. The predicted molar refractivity (Wildman–Crippen MR) is 92.6 cm³/mol. The molecule has 2 aromatic rings. The Morgan fingerprint density at radius 2 is 2.28 bits per heavy atom. The number of hydrogen-bond donors (Lipinski definition) is 1. The van der Waals surface area contributed by atoms with Gasteiger partial charge in [0.25, 0.3) is 5.91 Å². The van der Waals surface area contributed by atoms with Crippen molar-refractivity contribution in [2.45, 2.75) is 19.9 Å². The lowest BCUT2D eigenvalue weighted by Crippen LogP contribution is -2.40. The third-order valence-electron chi connectivity index (χ3n) is 5.66. The molecule has 6 heteroatoms. The normalized spacial score (nSPS) is 26.0. The van der Waals surface area contributed by atoms with Crippen LogP contribution in [0.5, 0.6) is 0 Å². The van der Waals surface area contributed by atoms with E-state index in [1.54, 1.807) is 24.7 Å². The second-order valence-electron chi connectivity index (χ2n) is 7.16. The van der Waals surface area contributed by atoms with Gasteiger partial charge in [-0.1, -0.05) is 13.0 Å². The first kappa shape index (κ1) is 15.9. The molecule has 1 spiro atoms. The quantitative estimate of drug-likeness (QED) is 0.929. The van der Waals surface area contributed by atoms with Crippen LogP contribution in [0.2, 0.25) is 0 Å². The summed E-state index contributed by atoms with van der Waals surface area (Å²) in [4.78, 5) is 36.6. The molecule has 2 aliphatic rings. The maximum absolute atomic E-state index is 13.2. The average Bonchev–Trinajstić information content (AvgIpc) is 3.33. The smallest absolute Gasteiger partial charge is 0.270 e. The Balaban J connectivity index is 1.50. The SMILES string of the molecule is C[C@H]1CN(C(=O)c2ccc[nH]2)C[C@@]12CCN(Cc1cccnc1)C2=O. The molecule has 2 aliphatic heterocycles. The molecular formula is C19H22N4O2. The van der Waals surface area contributed by atoms with Crippen LogP contribution in [0, 0.1) is 11.3 Å². The van der Waals surface area contributed by atoms with Crippen molar-refractivity contribution in [1.82, 2.24) is 19.8 Å². The van der Waals surface area contributed by atoms with E-state index in [0.29, 0.717) is 25.3 Å². The highest BCUT2D eigenvalue weighted by molar-refractivity contribution is 5.94. The number of rotatable bonds is 3. The highest BCUT2D eigenvalue weighted by Gasteiger charge is 2.55. The number of likely N-dealkylation sites (tertiary alicyclic amines) is 2. The average molecular weight is 338 g/mol. The molecule has 2 amide bonds. The first-order valence-corrected chi connectivity index (χ1v) is 8.71. The van der Waals surface area contributed by atoms with Gasteiger partial charge in [-0.05, 0) is 36.1 Å². The van der Waals surface area contributed by atoms with E-state index in [0.717, 1.165) is 18.5 Å².